The summed E-state index contributed by atoms with van der Waals surface area (Å²) in [6.07, 6.45) is 0.681. The van der Waals surface area contributed by atoms with Crippen molar-refractivity contribution in [2.45, 2.75) is 17.9 Å². The number of hydrogen-bond donors (Lipinski definition) is 0. The van der Waals surface area contributed by atoms with Crippen molar-refractivity contribution >= 4 is 42.7 Å². The van der Waals surface area contributed by atoms with Crippen LogP contribution in [0.15, 0.2) is 71.6 Å². The van der Waals surface area contributed by atoms with Gasteiger partial charge in [-0.25, -0.2) is 18.2 Å². The van der Waals surface area contributed by atoms with Crippen molar-refractivity contribution in [2.75, 3.05) is 44.7 Å². The molecule has 196 valence electrons. The van der Waals surface area contributed by atoms with Gasteiger partial charge in [0.05, 0.1) is 20.7 Å². The van der Waals surface area contributed by atoms with Gasteiger partial charge in [0.15, 0.2) is 5.13 Å². The fraction of sp³-hybridized carbons (Fsp3) is 0.286. The van der Waals surface area contributed by atoms with Gasteiger partial charge >= 0.3 is 5.97 Å². The average Bonchev–Trinajstić information content (AvgIpc) is 3.36. The molecule has 0 bridgehead atoms. The second kappa shape index (κ2) is 10.1. The molecule has 2 aliphatic heterocycles. The largest absolute Gasteiger partial charge is 0.423 e. The topological polar surface area (TPSA) is 83.0 Å². The molecule has 0 saturated carbocycles. The molecule has 2 aliphatic rings. The molecule has 10 heteroatoms. The maximum atomic E-state index is 13.2. The number of benzene rings is 3. The zero-order valence-corrected chi connectivity index (χ0v) is 22.7. The summed E-state index contributed by atoms with van der Waals surface area (Å²) in [5.41, 5.74) is 3.37. The number of thiazole rings is 1. The van der Waals surface area contributed by atoms with Crippen molar-refractivity contribution < 1.29 is 17.9 Å². The zero-order chi connectivity index (χ0) is 26.3. The highest BCUT2D eigenvalue weighted by Gasteiger charge is 2.28. The Morgan fingerprint density at radius 3 is 2.42 bits per heavy atom. The first-order valence-electron chi connectivity index (χ1n) is 12.6. The number of nitrogens with zero attached hydrogens (tertiary/aromatic N) is 4. The molecular formula is C28H28N4O4S2. The van der Waals surface area contributed by atoms with Crippen molar-refractivity contribution in [3.8, 4) is 5.75 Å². The van der Waals surface area contributed by atoms with E-state index < -0.39 is 16.0 Å². The highest BCUT2D eigenvalue weighted by molar-refractivity contribution is 7.89. The van der Waals surface area contributed by atoms with Crippen LogP contribution in [0.5, 0.6) is 5.75 Å². The third-order valence-electron chi connectivity index (χ3n) is 7.16. The number of carbonyl (C=O) groups is 1. The minimum Gasteiger partial charge on any atom is -0.423 e. The summed E-state index contributed by atoms with van der Waals surface area (Å²) in [4.78, 5) is 22.3. The minimum atomic E-state index is -3.67. The predicted octanol–water partition coefficient (Wildman–Crippen LogP) is 4.01. The van der Waals surface area contributed by atoms with Crippen LogP contribution in [0.25, 0.3) is 10.2 Å². The van der Waals surface area contributed by atoms with E-state index in [1.807, 2.05) is 36.4 Å². The number of rotatable bonds is 5. The molecule has 8 nitrogen and oxygen atoms in total. The number of esters is 1. The smallest absolute Gasteiger partial charge is 0.343 e. The molecule has 3 aromatic carbocycles. The van der Waals surface area contributed by atoms with E-state index in [0.717, 1.165) is 47.1 Å². The van der Waals surface area contributed by atoms with Gasteiger partial charge in [0, 0.05) is 45.3 Å². The fourth-order valence-corrected chi connectivity index (χ4v) is 7.31. The SMILES string of the molecule is CN1CCN(c2nc3ccc(OC(=O)c4ccc(S(=O)(=O)N5CCc6ccccc6C5)cc4)cc3s2)CC1. The van der Waals surface area contributed by atoms with Gasteiger partial charge < -0.3 is 14.5 Å². The molecule has 0 aliphatic carbocycles. The van der Waals surface area contributed by atoms with Crippen LogP contribution in [0.1, 0.15) is 21.5 Å². The molecule has 6 rings (SSSR count). The predicted molar refractivity (Wildman–Crippen MR) is 148 cm³/mol. The second-order valence-corrected chi connectivity index (χ2v) is 12.6. The number of ether oxygens (including phenoxy) is 1. The van der Waals surface area contributed by atoms with E-state index in [1.165, 1.54) is 34.1 Å². The summed E-state index contributed by atoms with van der Waals surface area (Å²) < 4.78 is 34.5. The maximum absolute atomic E-state index is 13.2. The van der Waals surface area contributed by atoms with Crippen molar-refractivity contribution in [1.29, 1.82) is 0 Å². The molecule has 4 aromatic rings. The Morgan fingerprint density at radius 2 is 1.66 bits per heavy atom. The van der Waals surface area contributed by atoms with E-state index in [9.17, 15) is 13.2 Å². The number of likely N-dealkylation sites (N-methyl/N-ethyl adjacent to an activating group) is 1. The van der Waals surface area contributed by atoms with Gasteiger partial charge in [-0.1, -0.05) is 35.6 Å². The van der Waals surface area contributed by atoms with Gasteiger partial charge in [-0.3, -0.25) is 0 Å². The van der Waals surface area contributed by atoms with Crippen molar-refractivity contribution in [3.05, 3.63) is 83.4 Å². The Bertz CT molecular complexity index is 1590. The Kier molecular flexibility index (Phi) is 6.65. The Morgan fingerprint density at radius 1 is 0.921 bits per heavy atom. The lowest BCUT2D eigenvalue weighted by molar-refractivity contribution is 0.0735. The van der Waals surface area contributed by atoms with E-state index in [-0.39, 0.29) is 10.5 Å². The van der Waals surface area contributed by atoms with Gasteiger partial charge in [0.25, 0.3) is 0 Å². The van der Waals surface area contributed by atoms with Gasteiger partial charge in [-0.15, -0.1) is 0 Å². The molecule has 0 spiro atoms. The fourth-order valence-electron chi connectivity index (χ4n) is 4.84. The standard InChI is InChI=1S/C28H28N4O4S2/c1-30-14-16-31(17-15-30)28-29-25-11-8-23(18-26(25)37-28)36-27(33)21-6-9-24(10-7-21)38(34,35)32-13-12-20-4-2-3-5-22(20)19-32/h2-11,18H,12-17,19H2,1H3. The summed E-state index contributed by atoms with van der Waals surface area (Å²) in [6.45, 7) is 4.66. The molecular weight excluding hydrogens is 520 g/mol. The van der Waals surface area contributed by atoms with Gasteiger partial charge in [-0.2, -0.15) is 4.31 Å². The number of fused-ring (bicyclic) bond motifs is 2. The Labute approximate surface area is 226 Å². The number of hydrogen-bond acceptors (Lipinski definition) is 8. The molecule has 1 saturated heterocycles. The third kappa shape index (κ3) is 4.92. The van der Waals surface area contributed by atoms with Crippen LogP contribution in [-0.2, 0) is 23.0 Å². The Balaban J connectivity index is 1.14. The van der Waals surface area contributed by atoms with Crippen LogP contribution in [0.4, 0.5) is 5.13 Å². The van der Waals surface area contributed by atoms with Gasteiger partial charge in [0.2, 0.25) is 10.0 Å². The summed E-state index contributed by atoms with van der Waals surface area (Å²) in [6, 6.07) is 19.3. The highest BCUT2D eigenvalue weighted by Crippen LogP contribution is 2.32. The average molecular weight is 549 g/mol. The molecule has 1 aromatic heterocycles. The lowest BCUT2D eigenvalue weighted by Crippen LogP contribution is -2.44. The normalized spacial score (nSPS) is 16.9. The number of aromatic nitrogens is 1. The maximum Gasteiger partial charge on any atom is 0.343 e. The molecule has 1 fully saturated rings. The zero-order valence-electron chi connectivity index (χ0n) is 21.0. The lowest BCUT2D eigenvalue weighted by atomic mass is 10.0. The molecule has 0 unspecified atom stereocenters. The van der Waals surface area contributed by atoms with Crippen LogP contribution < -0.4 is 9.64 Å². The van der Waals surface area contributed by atoms with E-state index in [2.05, 4.69) is 16.8 Å². The lowest BCUT2D eigenvalue weighted by Gasteiger charge is -2.31. The quantitative estimate of drug-likeness (QED) is 0.275. The van der Waals surface area contributed by atoms with Crippen LogP contribution in [0.2, 0.25) is 0 Å². The number of anilines is 1. The number of sulfonamides is 1. The molecule has 0 amide bonds. The van der Waals surface area contributed by atoms with Gasteiger partial charge in [-0.05, 0) is 61.0 Å². The van der Waals surface area contributed by atoms with Crippen LogP contribution >= 0.6 is 11.3 Å². The number of piperazine rings is 1. The van der Waals surface area contributed by atoms with E-state index in [1.54, 1.807) is 17.4 Å². The summed E-state index contributed by atoms with van der Waals surface area (Å²) in [5, 5.41) is 0.977. The van der Waals surface area contributed by atoms with E-state index >= 15 is 0 Å². The number of carbonyl (C=O) groups excluding carboxylic acids is 1. The second-order valence-electron chi connectivity index (χ2n) is 9.69. The highest BCUT2D eigenvalue weighted by atomic mass is 32.2. The first-order chi connectivity index (χ1) is 18.4. The van der Waals surface area contributed by atoms with Crippen LogP contribution in [0.3, 0.4) is 0 Å². The van der Waals surface area contributed by atoms with Gasteiger partial charge in [0.1, 0.15) is 5.75 Å². The first-order valence-corrected chi connectivity index (χ1v) is 14.9. The first kappa shape index (κ1) is 25.0. The van der Waals surface area contributed by atoms with E-state index in [4.69, 9.17) is 9.72 Å². The van der Waals surface area contributed by atoms with Crippen molar-refractivity contribution in [2.24, 2.45) is 0 Å². The van der Waals surface area contributed by atoms with E-state index in [0.29, 0.717) is 25.3 Å². The third-order valence-corrected chi connectivity index (χ3v) is 10.1. The minimum absolute atomic E-state index is 0.163. The monoisotopic (exact) mass is 548 g/mol. The molecule has 0 radical (unpaired) electrons. The van der Waals surface area contributed by atoms with Crippen LogP contribution in [-0.4, -0.2) is 68.3 Å². The summed E-state index contributed by atoms with van der Waals surface area (Å²) >= 11 is 1.59. The Hall–Kier alpha value is -3.31. The molecule has 0 N–H and O–H groups in total. The summed E-state index contributed by atoms with van der Waals surface area (Å²) in [7, 11) is -1.55. The molecule has 38 heavy (non-hydrogen) atoms. The van der Waals surface area contributed by atoms with Crippen LogP contribution in [0, 0.1) is 0 Å². The van der Waals surface area contributed by atoms with Crippen molar-refractivity contribution in [1.82, 2.24) is 14.2 Å². The molecule has 0 atom stereocenters. The molecule has 3 heterocycles. The van der Waals surface area contributed by atoms with Crippen molar-refractivity contribution in [3.63, 3.8) is 0 Å². The summed E-state index contributed by atoms with van der Waals surface area (Å²) in [5.74, 6) is -0.108.